The molecule has 0 radical (unpaired) electrons. The molecule has 0 fully saturated rings. The number of unbranched alkanes of at least 4 members (excludes halogenated alkanes) is 1. The van der Waals surface area contributed by atoms with Gasteiger partial charge in [-0.05, 0) is 31.7 Å². The van der Waals surface area contributed by atoms with Crippen molar-refractivity contribution < 1.29 is 5.11 Å². The summed E-state index contributed by atoms with van der Waals surface area (Å²) >= 11 is 0. The van der Waals surface area contributed by atoms with Crippen molar-refractivity contribution in [2.75, 3.05) is 0 Å². The predicted octanol–water partition coefficient (Wildman–Crippen LogP) is 3.25. The Hall–Kier alpha value is -1.08. The van der Waals surface area contributed by atoms with Gasteiger partial charge in [0, 0.05) is 0 Å². The second kappa shape index (κ2) is 6.39. The Morgan fingerprint density at radius 3 is 2.64 bits per heavy atom. The molecule has 1 aromatic carbocycles. The summed E-state index contributed by atoms with van der Waals surface area (Å²) in [6.07, 6.45) is 7.11. The molecule has 1 heteroatoms. The molecule has 0 aromatic heterocycles. The van der Waals surface area contributed by atoms with Crippen LogP contribution in [0.1, 0.15) is 31.7 Å². The van der Waals surface area contributed by atoms with E-state index in [1.807, 2.05) is 25.1 Å². The maximum Gasteiger partial charge on any atom is 0.0512 e. The summed E-state index contributed by atoms with van der Waals surface area (Å²) in [5.74, 6) is 0. The first-order valence-corrected chi connectivity index (χ1v) is 5.18. The van der Waals surface area contributed by atoms with Crippen LogP contribution in [-0.2, 0) is 0 Å². The van der Waals surface area contributed by atoms with Crippen molar-refractivity contribution in [3.63, 3.8) is 0 Å². The second-order valence-electron chi connectivity index (χ2n) is 3.59. The van der Waals surface area contributed by atoms with Crippen LogP contribution < -0.4 is 0 Å². The lowest BCUT2D eigenvalue weighted by molar-refractivity contribution is 0.182. The Bertz CT molecular complexity index is 262. The maximum atomic E-state index is 9.04. The molecule has 0 amide bonds. The highest BCUT2D eigenvalue weighted by atomic mass is 16.3. The summed E-state index contributed by atoms with van der Waals surface area (Å²) in [6.45, 7) is 1.83. The van der Waals surface area contributed by atoms with E-state index in [-0.39, 0.29) is 6.10 Å². The number of allylic oxidation sites excluding steroid dienone is 1. The summed E-state index contributed by atoms with van der Waals surface area (Å²) in [7, 11) is 0. The molecule has 1 rings (SSSR count). The molecule has 1 atom stereocenters. The quantitative estimate of drug-likeness (QED) is 0.707. The summed E-state index contributed by atoms with van der Waals surface area (Å²) < 4.78 is 0. The van der Waals surface area contributed by atoms with E-state index >= 15 is 0 Å². The number of aliphatic hydroxyl groups excluding tert-OH is 1. The van der Waals surface area contributed by atoms with Crippen molar-refractivity contribution in [3.05, 3.63) is 42.0 Å². The lowest BCUT2D eigenvalue weighted by Crippen LogP contribution is -1.97. The fraction of sp³-hybridized carbons (Fsp3) is 0.385. The predicted molar refractivity (Wildman–Crippen MR) is 61.0 cm³/mol. The Balaban J connectivity index is 2.21. The van der Waals surface area contributed by atoms with Gasteiger partial charge in [0.25, 0.3) is 0 Å². The van der Waals surface area contributed by atoms with Gasteiger partial charge in [0.1, 0.15) is 0 Å². The van der Waals surface area contributed by atoms with Crippen molar-refractivity contribution in [2.24, 2.45) is 0 Å². The van der Waals surface area contributed by atoms with Gasteiger partial charge in [0.15, 0.2) is 0 Å². The first-order chi connectivity index (χ1) is 6.79. The van der Waals surface area contributed by atoms with Crippen LogP contribution in [0, 0.1) is 0 Å². The van der Waals surface area contributed by atoms with Gasteiger partial charge >= 0.3 is 0 Å². The van der Waals surface area contributed by atoms with Crippen LogP contribution in [0.2, 0.25) is 0 Å². The third-order valence-electron chi connectivity index (χ3n) is 2.10. The summed E-state index contributed by atoms with van der Waals surface area (Å²) in [4.78, 5) is 0. The largest absolute Gasteiger partial charge is 0.393 e. The van der Waals surface area contributed by atoms with E-state index in [4.69, 9.17) is 5.11 Å². The van der Waals surface area contributed by atoms with Gasteiger partial charge in [0.2, 0.25) is 0 Å². The van der Waals surface area contributed by atoms with Gasteiger partial charge < -0.3 is 5.11 Å². The molecule has 0 bridgehead atoms. The molecule has 0 heterocycles. The lowest BCUT2D eigenvalue weighted by atomic mass is 10.1. The van der Waals surface area contributed by atoms with Crippen LogP contribution in [0.25, 0.3) is 6.08 Å². The molecular weight excluding hydrogens is 172 g/mol. The zero-order valence-electron chi connectivity index (χ0n) is 8.69. The minimum absolute atomic E-state index is 0.167. The van der Waals surface area contributed by atoms with Crippen molar-refractivity contribution in [2.45, 2.75) is 32.3 Å². The van der Waals surface area contributed by atoms with Crippen molar-refractivity contribution >= 4 is 6.08 Å². The standard InChI is InChI=1S/C13H18O/c1-12(14)8-4-2-5-9-13-10-6-3-7-11-13/h3,5-7,9-12,14H,2,4,8H2,1H3/b9-5+. The molecule has 0 spiro atoms. The molecule has 0 aliphatic heterocycles. The molecule has 1 unspecified atom stereocenters. The van der Waals surface area contributed by atoms with Crippen molar-refractivity contribution in [3.8, 4) is 0 Å². The monoisotopic (exact) mass is 190 g/mol. The normalized spacial score (nSPS) is 13.3. The molecule has 0 saturated heterocycles. The minimum atomic E-state index is -0.167. The topological polar surface area (TPSA) is 20.2 Å². The van der Waals surface area contributed by atoms with Gasteiger partial charge in [-0.3, -0.25) is 0 Å². The van der Waals surface area contributed by atoms with Crippen LogP contribution in [0.3, 0.4) is 0 Å². The molecule has 0 aliphatic carbocycles. The maximum absolute atomic E-state index is 9.04. The third-order valence-corrected chi connectivity index (χ3v) is 2.10. The van der Waals surface area contributed by atoms with Crippen LogP contribution in [0.5, 0.6) is 0 Å². The van der Waals surface area contributed by atoms with Gasteiger partial charge in [0.05, 0.1) is 6.10 Å². The van der Waals surface area contributed by atoms with E-state index in [0.29, 0.717) is 0 Å². The van der Waals surface area contributed by atoms with Gasteiger partial charge in [-0.1, -0.05) is 42.5 Å². The van der Waals surface area contributed by atoms with E-state index in [0.717, 1.165) is 19.3 Å². The average Bonchev–Trinajstić information content (AvgIpc) is 2.18. The number of benzene rings is 1. The smallest absolute Gasteiger partial charge is 0.0512 e. The molecule has 1 nitrogen and oxygen atoms in total. The van der Waals surface area contributed by atoms with E-state index in [1.165, 1.54) is 5.56 Å². The number of aliphatic hydroxyl groups is 1. The Kier molecular flexibility index (Phi) is 5.02. The Morgan fingerprint density at radius 1 is 1.29 bits per heavy atom. The lowest BCUT2D eigenvalue weighted by Gasteiger charge is -2.00. The summed E-state index contributed by atoms with van der Waals surface area (Å²) in [6, 6.07) is 10.3. The fourth-order valence-corrected chi connectivity index (χ4v) is 1.31. The van der Waals surface area contributed by atoms with Gasteiger partial charge in [-0.15, -0.1) is 0 Å². The van der Waals surface area contributed by atoms with Gasteiger partial charge in [-0.25, -0.2) is 0 Å². The second-order valence-corrected chi connectivity index (χ2v) is 3.59. The van der Waals surface area contributed by atoms with Crippen molar-refractivity contribution in [1.82, 2.24) is 0 Å². The van der Waals surface area contributed by atoms with Crippen LogP contribution in [0.4, 0.5) is 0 Å². The number of hydrogen-bond acceptors (Lipinski definition) is 1. The highest BCUT2D eigenvalue weighted by Crippen LogP contribution is 2.05. The molecule has 0 aliphatic rings. The zero-order valence-corrected chi connectivity index (χ0v) is 8.69. The van der Waals surface area contributed by atoms with E-state index in [1.54, 1.807) is 0 Å². The Labute approximate surface area is 86.1 Å². The SMILES string of the molecule is CC(O)CCC/C=C/c1ccccc1. The Morgan fingerprint density at radius 2 is 2.00 bits per heavy atom. The summed E-state index contributed by atoms with van der Waals surface area (Å²) in [5.41, 5.74) is 1.24. The summed E-state index contributed by atoms with van der Waals surface area (Å²) in [5, 5.41) is 9.04. The molecular formula is C13H18O. The molecule has 1 N–H and O–H groups in total. The zero-order chi connectivity index (χ0) is 10.2. The minimum Gasteiger partial charge on any atom is -0.393 e. The molecule has 14 heavy (non-hydrogen) atoms. The van der Waals surface area contributed by atoms with Gasteiger partial charge in [-0.2, -0.15) is 0 Å². The van der Waals surface area contributed by atoms with Crippen LogP contribution in [0.15, 0.2) is 36.4 Å². The van der Waals surface area contributed by atoms with E-state index in [9.17, 15) is 0 Å². The highest BCUT2D eigenvalue weighted by molar-refractivity contribution is 5.48. The van der Waals surface area contributed by atoms with Crippen LogP contribution >= 0.6 is 0 Å². The van der Waals surface area contributed by atoms with Crippen LogP contribution in [-0.4, -0.2) is 11.2 Å². The average molecular weight is 190 g/mol. The molecule has 76 valence electrons. The van der Waals surface area contributed by atoms with Crippen molar-refractivity contribution in [1.29, 1.82) is 0 Å². The van der Waals surface area contributed by atoms with E-state index < -0.39 is 0 Å². The number of hydrogen-bond donors (Lipinski definition) is 1. The first kappa shape index (κ1) is 11.0. The first-order valence-electron chi connectivity index (χ1n) is 5.18. The van der Waals surface area contributed by atoms with E-state index in [2.05, 4.69) is 24.3 Å². The molecule has 1 aromatic rings. The number of rotatable bonds is 5. The fourth-order valence-electron chi connectivity index (χ4n) is 1.31. The third kappa shape index (κ3) is 4.83. The molecule has 0 saturated carbocycles. The highest BCUT2D eigenvalue weighted by Gasteiger charge is 1.92.